The first-order chi connectivity index (χ1) is 9.52. The summed E-state index contributed by atoms with van der Waals surface area (Å²) in [5, 5.41) is 14.3. The van der Waals surface area contributed by atoms with Crippen molar-refractivity contribution < 1.29 is 14.7 Å². The number of aromatic nitrogens is 1. The molecule has 0 bridgehead atoms. The van der Waals surface area contributed by atoms with Crippen molar-refractivity contribution in [1.29, 1.82) is 0 Å². The van der Waals surface area contributed by atoms with Gasteiger partial charge in [0.1, 0.15) is 0 Å². The van der Waals surface area contributed by atoms with Crippen molar-refractivity contribution in [2.75, 3.05) is 0 Å². The van der Waals surface area contributed by atoms with Crippen molar-refractivity contribution in [2.24, 2.45) is 0 Å². The summed E-state index contributed by atoms with van der Waals surface area (Å²) in [6.45, 7) is 3.81. The maximum atomic E-state index is 11.9. The maximum Gasteiger partial charge on any atom is 0.315 e. The summed E-state index contributed by atoms with van der Waals surface area (Å²) in [7, 11) is 0. The number of pyridine rings is 1. The summed E-state index contributed by atoms with van der Waals surface area (Å²) < 4.78 is 0. The van der Waals surface area contributed by atoms with Crippen molar-refractivity contribution >= 4 is 12.0 Å². The summed E-state index contributed by atoms with van der Waals surface area (Å²) >= 11 is 0. The van der Waals surface area contributed by atoms with Gasteiger partial charge < -0.3 is 15.7 Å². The van der Waals surface area contributed by atoms with Gasteiger partial charge in [-0.05, 0) is 31.0 Å². The lowest BCUT2D eigenvalue weighted by Crippen LogP contribution is -2.43. The average molecular weight is 279 g/mol. The minimum atomic E-state index is -0.911. The summed E-state index contributed by atoms with van der Waals surface area (Å²) in [6.07, 6.45) is 4.72. The van der Waals surface area contributed by atoms with Crippen LogP contribution in [0, 0.1) is 0 Å². The van der Waals surface area contributed by atoms with Gasteiger partial charge in [0.2, 0.25) is 0 Å². The van der Waals surface area contributed by atoms with Crippen molar-refractivity contribution in [3.8, 4) is 0 Å². The minimum Gasteiger partial charge on any atom is -0.481 e. The SMILES string of the molecule is CCCC(CC(=O)O)NC(=O)NC(C)c1ccncc1. The minimum absolute atomic E-state index is 0.0646. The van der Waals surface area contributed by atoms with Crippen LogP contribution in [-0.4, -0.2) is 28.1 Å². The zero-order valence-corrected chi connectivity index (χ0v) is 11.8. The Morgan fingerprint density at radius 2 is 1.95 bits per heavy atom. The van der Waals surface area contributed by atoms with Crippen LogP contribution in [0.3, 0.4) is 0 Å². The third kappa shape index (κ3) is 5.69. The van der Waals surface area contributed by atoms with Crippen molar-refractivity contribution in [3.63, 3.8) is 0 Å². The number of carboxylic acids is 1. The Balaban J connectivity index is 2.50. The second kappa shape index (κ2) is 8.14. The van der Waals surface area contributed by atoms with Gasteiger partial charge >= 0.3 is 12.0 Å². The molecule has 0 aliphatic heterocycles. The Morgan fingerprint density at radius 1 is 1.30 bits per heavy atom. The molecule has 20 heavy (non-hydrogen) atoms. The van der Waals surface area contributed by atoms with Gasteiger partial charge in [-0.3, -0.25) is 9.78 Å². The molecule has 1 aromatic heterocycles. The number of rotatable bonds is 7. The number of aliphatic carboxylic acids is 1. The molecule has 1 rings (SSSR count). The smallest absolute Gasteiger partial charge is 0.315 e. The highest BCUT2D eigenvalue weighted by molar-refractivity contribution is 5.76. The monoisotopic (exact) mass is 279 g/mol. The van der Waals surface area contributed by atoms with Crippen LogP contribution in [0.15, 0.2) is 24.5 Å². The van der Waals surface area contributed by atoms with Crippen LogP contribution in [0.1, 0.15) is 44.7 Å². The number of carboxylic acid groups (broad SMARTS) is 1. The Kier molecular flexibility index (Phi) is 6.49. The van der Waals surface area contributed by atoms with Crippen LogP contribution in [0.2, 0.25) is 0 Å². The molecule has 1 heterocycles. The molecule has 0 saturated heterocycles. The van der Waals surface area contributed by atoms with Gasteiger partial charge in [-0.15, -0.1) is 0 Å². The first kappa shape index (κ1) is 15.9. The molecule has 0 spiro atoms. The summed E-state index contributed by atoms with van der Waals surface area (Å²) in [4.78, 5) is 26.5. The van der Waals surface area contributed by atoms with Crippen LogP contribution in [0.25, 0.3) is 0 Å². The maximum absolute atomic E-state index is 11.9. The standard InChI is InChI=1S/C14H21N3O3/c1-3-4-12(9-13(18)19)17-14(20)16-10(2)11-5-7-15-8-6-11/h5-8,10,12H,3-4,9H2,1-2H3,(H,18,19)(H2,16,17,20). The van der Waals surface area contributed by atoms with Crippen LogP contribution in [0.5, 0.6) is 0 Å². The second-order valence-electron chi connectivity index (χ2n) is 4.70. The van der Waals surface area contributed by atoms with Gasteiger partial charge in [0, 0.05) is 18.4 Å². The normalized spacial score (nSPS) is 13.3. The molecule has 1 aromatic rings. The van der Waals surface area contributed by atoms with Crippen molar-refractivity contribution in [3.05, 3.63) is 30.1 Å². The predicted octanol–water partition coefficient (Wildman–Crippen LogP) is 2.09. The predicted molar refractivity (Wildman–Crippen MR) is 75.3 cm³/mol. The lowest BCUT2D eigenvalue weighted by Gasteiger charge is -2.19. The average Bonchev–Trinajstić information content (AvgIpc) is 2.39. The van der Waals surface area contributed by atoms with Crippen LogP contribution in [-0.2, 0) is 4.79 Å². The van der Waals surface area contributed by atoms with Crippen molar-refractivity contribution in [1.82, 2.24) is 15.6 Å². The fourth-order valence-corrected chi connectivity index (χ4v) is 1.94. The number of carbonyl (C=O) groups excluding carboxylic acids is 1. The molecule has 2 amide bonds. The largest absolute Gasteiger partial charge is 0.481 e. The molecule has 0 fully saturated rings. The van der Waals surface area contributed by atoms with Gasteiger partial charge in [0.25, 0.3) is 0 Å². The van der Waals surface area contributed by atoms with Crippen LogP contribution >= 0.6 is 0 Å². The van der Waals surface area contributed by atoms with Gasteiger partial charge in [0.15, 0.2) is 0 Å². The summed E-state index contributed by atoms with van der Waals surface area (Å²) in [5.41, 5.74) is 0.945. The number of amides is 2. The Morgan fingerprint density at radius 3 is 2.50 bits per heavy atom. The highest BCUT2D eigenvalue weighted by atomic mass is 16.4. The van der Waals surface area contributed by atoms with E-state index in [2.05, 4.69) is 15.6 Å². The molecule has 110 valence electrons. The molecule has 6 nitrogen and oxygen atoms in total. The van der Waals surface area contributed by atoms with Crippen LogP contribution in [0.4, 0.5) is 4.79 Å². The summed E-state index contributed by atoms with van der Waals surface area (Å²) in [5.74, 6) is -0.911. The molecule has 2 unspecified atom stereocenters. The molecular weight excluding hydrogens is 258 g/mol. The van der Waals surface area contributed by atoms with Crippen molar-refractivity contribution in [2.45, 2.75) is 45.2 Å². The van der Waals surface area contributed by atoms with E-state index in [1.165, 1.54) is 0 Å². The Bertz CT molecular complexity index is 437. The molecule has 3 N–H and O–H groups in total. The third-order valence-electron chi connectivity index (χ3n) is 2.95. The zero-order valence-electron chi connectivity index (χ0n) is 11.8. The van der Waals surface area contributed by atoms with E-state index >= 15 is 0 Å². The lowest BCUT2D eigenvalue weighted by atomic mass is 10.1. The highest BCUT2D eigenvalue weighted by Gasteiger charge is 2.16. The number of nitrogens with zero attached hydrogens (tertiary/aromatic N) is 1. The van der Waals surface area contributed by atoms with Gasteiger partial charge in [-0.1, -0.05) is 13.3 Å². The van der Waals surface area contributed by atoms with Gasteiger partial charge in [-0.25, -0.2) is 4.79 Å². The van der Waals surface area contributed by atoms with Gasteiger partial charge in [-0.2, -0.15) is 0 Å². The van der Waals surface area contributed by atoms with E-state index in [-0.39, 0.29) is 24.5 Å². The molecule has 0 aliphatic carbocycles. The Labute approximate surface area is 118 Å². The molecular formula is C14H21N3O3. The number of urea groups is 1. The number of hydrogen-bond donors (Lipinski definition) is 3. The van der Waals surface area contributed by atoms with E-state index in [0.29, 0.717) is 6.42 Å². The molecule has 0 saturated carbocycles. The molecule has 0 aliphatic rings. The fraction of sp³-hybridized carbons (Fsp3) is 0.500. The summed E-state index contributed by atoms with van der Waals surface area (Å²) in [6, 6.07) is 2.79. The first-order valence-corrected chi connectivity index (χ1v) is 6.71. The molecule has 6 heteroatoms. The zero-order chi connectivity index (χ0) is 15.0. The quantitative estimate of drug-likeness (QED) is 0.712. The number of hydrogen-bond acceptors (Lipinski definition) is 3. The lowest BCUT2D eigenvalue weighted by molar-refractivity contribution is -0.137. The highest BCUT2D eigenvalue weighted by Crippen LogP contribution is 2.10. The van der Waals surface area contributed by atoms with E-state index < -0.39 is 5.97 Å². The fourth-order valence-electron chi connectivity index (χ4n) is 1.94. The molecule has 0 radical (unpaired) electrons. The van der Waals surface area contributed by atoms with E-state index in [0.717, 1.165) is 12.0 Å². The third-order valence-corrected chi connectivity index (χ3v) is 2.95. The van der Waals surface area contributed by atoms with E-state index in [1.807, 2.05) is 26.0 Å². The molecule has 2 atom stereocenters. The number of carbonyl (C=O) groups is 2. The first-order valence-electron chi connectivity index (χ1n) is 6.71. The molecule has 0 aromatic carbocycles. The second-order valence-corrected chi connectivity index (χ2v) is 4.70. The van der Waals surface area contributed by atoms with E-state index in [4.69, 9.17) is 5.11 Å². The van der Waals surface area contributed by atoms with Crippen LogP contribution < -0.4 is 10.6 Å². The van der Waals surface area contributed by atoms with E-state index in [1.54, 1.807) is 12.4 Å². The van der Waals surface area contributed by atoms with E-state index in [9.17, 15) is 9.59 Å². The Hall–Kier alpha value is -2.11. The number of nitrogens with one attached hydrogen (secondary N) is 2. The van der Waals surface area contributed by atoms with Gasteiger partial charge in [0.05, 0.1) is 12.5 Å². The topological polar surface area (TPSA) is 91.3 Å².